The minimum absolute atomic E-state index is 0.170. The van der Waals surface area contributed by atoms with Crippen molar-refractivity contribution in [3.63, 3.8) is 0 Å². The quantitative estimate of drug-likeness (QED) is 0.321. The fourth-order valence-electron chi connectivity index (χ4n) is 4.19. The summed E-state index contributed by atoms with van der Waals surface area (Å²) in [7, 11) is 0. The van der Waals surface area contributed by atoms with E-state index in [4.69, 9.17) is 9.84 Å². The van der Waals surface area contributed by atoms with Crippen molar-refractivity contribution < 1.29 is 14.2 Å². The zero-order valence-corrected chi connectivity index (χ0v) is 19.9. The third-order valence-electron chi connectivity index (χ3n) is 6.17. The maximum atomic E-state index is 14.6. The molecule has 1 aromatic heterocycles. The first kappa shape index (κ1) is 24.2. The molecule has 0 saturated heterocycles. The van der Waals surface area contributed by atoms with Crippen molar-refractivity contribution in [2.75, 3.05) is 13.1 Å². The Labute approximate surface area is 201 Å². The number of hydrogen-bond donors (Lipinski definition) is 1. The van der Waals surface area contributed by atoms with E-state index in [2.05, 4.69) is 18.4 Å². The summed E-state index contributed by atoms with van der Waals surface area (Å²) in [5.74, 6) is 0.941. The average molecular weight is 464 g/mol. The Bertz CT molecular complexity index is 1080. The van der Waals surface area contributed by atoms with E-state index in [9.17, 15) is 9.50 Å². The second-order valence-corrected chi connectivity index (χ2v) is 9.02. The van der Waals surface area contributed by atoms with Crippen molar-refractivity contribution in [3.05, 3.63) is 84.3 Å². The molecule has 5 nitrogen and oxygen atoms in total. The maximum absolute atomic E-state index is 14.6. The maximum Gasteiger partial charge on any atom is 0.227 e. The van der Waals surface area contributed by atoms with E-state index >= 15 is 0 Å². The minimum atomic E-state index is -0.429. The van der Waals surface area contributed by atoms with Gasteiger partial charge >= 0.3 is 0 Å². The van der Waals surface area contributed by atoms with E-state index in [0.29, 0.717) is 31.3 Å². The second-order valence-electron chi connectivity index (χ2n) is 9.02. The second kappa shape index (κ2) is 11.4. The number of benzene rings is 2. The number of para-hydroxylation sites is 2. The summed E-state index contributed by atoms with van der Waals surface area (Å²) in [5, 5.41) is 15.5. The van der Waals surface area contributed by atoms with Crippen molar-refractivity contribution in [1.29, 1.82) is 0 Å². The molecule has 180 valence electrons. The van der Waals surface area contributed by atoms with Crippen LogP contribution < -0.4 is 4.74 Å². The number of aliphatic hydroxyl groups is 1. The SMILES string of the molecule is C=CCCC(O)CN(Cc1c(CC)nn(-c2ccccc2)c1Oc1ccccc1F)CC1CC1. The fraction of sp³-hybridized carbons (Fsp3) is 0.393. The van der Waals surface area contributed by atoms with Crippen LogP contribution in [0, 0.1) is 11.7 Å². The van der Waals surface area contributed by atoms with Crippen LogP contribution in [0.15, 0.2) is 67.3 Å². The Morgan fingerprint density at radius 2 is 1.94 bits per heavy atom. The highest BCUT2D eigenvalue weighted by Gasteiger charge is 2.28. The van der Waals surface area contributed by atoms with Crippen LogP contribution in [0.1, 0.15) is 43.9 Å². The molecule has 1 aliphatic carbocycles. The van der Waals surface area contributed by atoms with Crippen LogP contribution in [0.5, 0.6) is 11.6 Å². The molecule has 1 atom stereocenters. The molecule has 4 rings (SSSR count). The number of nitrogens with zero attached hydrogens (tertiary/aromatic N) is 3. The van der Waals surface area contributed by atoms with Crippen molar-refractivity contribution in [1.82, 2.24) is 14.7 Å². The molecule has 0 spiro atoms. The standard InChI is InChI=1S/C28H34FN3O2/c1-3-5-13-23(33)19-31(18-21-16-17-21)20-24-26(4-2)30-32(22-11-7-6-8-12-22)28(24)34-27-15-10-9-14-25(27)29/h3,6-12,14-15,21,23,33H,1,4-5,13,16-20H2,2H3. The van der Waals surface area contributed by atoms with Crippen LogP contribution in [0.4, 0.5) is 4.39 Å². The first-order valence-electron chi connectivity index (χ1n) is 12.2. The number of halogens is 1. The van der Waals surface area contributed by atoms with Gasteiger partial charge in [-0.05, 0) is 62.3 Å². The smallest absolute Gasteiger partial charge is 0.227 e. The zero-order chi connectivity index (χ0) is 23.9. The van der Waals surface area contributed by atoms with Crippen molar-refractivity contribution in [3.8, 4) is 17.3 Å². The number of rotatable bonds is 13. The third kappa shape index (κ3) is 6.13. The molecule has 0 aliphatic heterocycles. The zero-order valence-electron chi connectivity index (χ0n) is 19.9. The Balaban J connectivity index is 1.70. The van der Waals surface area contributed by atoms with Crippen LogP contribution in [0.3, 0.4) is 0 Å². The molecule has 0 bridgehead atoms. The predicted molar refractivity (Wildman–Crippen MR) is 133 cm³/mol. The highest BCUT2D eigenvalue weighted by atomic mass is 19.1. The Morgan fingerprint density at radius 1 is 1.21 bits per heavy atom. The highest BCUT2D eigenvalue weighted by molar-refractivity contribution is 5.44. The Morgan fingerprint density at radius 3 is 2.62 bits per heavy atom. The van der Waals surface area contributed by atoms with Gasteiger partial charge in [-0.25, -0.2) is 9.07 Å². The molecule has 1 N–H and O–H groups in total. The molecule has 3 aromatic rings. The Kier molecular flexibility index (Phi) is 8.14. The van der Waals surface area contributed by atoms with Crippen molar-refractivity contribution in [2.45, 2.75) is 51.7 Å². The number of allylic oxidation sites excluding steroid dienone is 1. The first-order chi connectivity index (χ1) is 16.6. The van der Waals surface area contributed by atoms with E-state index in [-0.39, 0.29) is 5.75 Å². The average Bonchev–Trinajstić information content (AvgIpc) is 3.60. The molecule has 0 radical (unpaired) electrons. The molecule has 34 heavy (non-hydrogen) atoms. The van der Waals surface area contributed by atoms with Gasteiger partial charge in [-0.2, -0.15) is 5.10 Å². The molecule has 1 heterocycles. The summed E-state index contributed by atoms with van der Waals surface area (Å²) in [6.07, 6.45) is 6.05. The van der Waals surface area contributed by atoms with Gasteiger partial charge in [0.2, 0.25) is 5.88 Å². The van der Waals surface area contributed by atoms with E-state index in [1.807, 2.05) is 36.4 Å². The predicted octanol–water partition coefficient (Wildman–Crippen LogP) is 5.91. The van der Waals surface area contributed by atoms with Gasteiger partial charge in [0.15, 0.2) is 11.6 Å². The van der Waals surface area contributed by atoms with Gasteiger partial charge in [-0.15, -0.1) is 6.58 Å². The summed E-state index contributed by atoms with van der Waals surface area (Å²) in [5.41, 5.74) is 2.71. The summed E-state index contributed by atoms with van der Waals surface area (Å²) in [4.78, 5) is 2.30. The fourth-order valence-corrected chi connectivity index (χ4v) is 4.19. The monoisotopic (exact) mass is 463 g/mol. The van der Waals surface area contributed by atoms with Gasteiger partial charge in [-0.1, -0.05) is 43.3 Å². The highest BCUT2D eigenvalue weighted by Crippen LogP contribution is 2.35. The van der Waals surface area contributed by atoms with Gasteiger partial charge in [0, 0.05) is 19.6 Å². The number of aryl methyl sites for hydroxylation is 1. The van der Waals surface area contributed by atoms with Crippen molar-refractivity contribution >= 4 is 0 Å². The third-order valence-corrected chi connectivity index (χ3v) is 6.17. The summed E-state index contributed by atoms with van der Waals surface area (Å²) in [6, 6.07) is 16.2. The molecule has 1 saturated carbocycles. The number of ether oxygens (including phenoxy) is 1. The van der Waals surface area contributed by atoms with E-state index in [1.165, 1.54) is 18.9 Å². The number of aliphatic hydroxyl groups excluding tert-OH is 1. The minimum Gasteiger partial charge on any atom is -0.435 e. The van der Waals surface area contributed by atoms with Gasteiger partial charge in [0.05, 0.1) is 23.0 Å². The summed E-state index contributed by atoms with van der Waals surface area (Å²) >= 11 is 0. The summed E-state index contributed by atoms with van der Waals surface area (Å²) in [6.45, 7) is 7.91. The lowest BCUT2D eigenvalue weighted by atomic mass is 10.1. The lowest BCUT2D eigenvalue weighted by molar-refractivity contribution is 0.0990. The van der Waals surface area contributed by atoms with Crippen molar-refractivity contribution in [2.24, 2.45) is 5.92 Å². The molecule has 6 heteroatoms. The largest absolute Gasteiger partial charge is 0.435 e. The molecule has 1 aliphatic rings. The van der Waals surface area contributed by atoms with Gasteiger partial charge in [0.1, 0.15) is 0 Å². The van der Waals surface area contributed by atoms with Crippen LogP contribution in [0.25, 0.3) is 5.69 Å². The van der Waals surface area contributed by atoms with Crippen LogP contribution >= 0.6 is 0 Å². The molecule has 0 amide bonds. The molecular weight excluding hydrogens is 429 g/mol. The molecule has 1 fully saturated rings. The summed E-state index contributed by atoms with van der Waals surface area (Å²) < 4.78 is 22.5. The molecular formula is C28H34FN3O2. The van der Waals surface area contributed by atoms with Gasteiger partial charge in [-0.3, -0.25) is 4.90 Å². The number of hydrogen-bond acceptors (Lipinski definition) is 4. The first-order valence-corrected chi connectivity index (χ1v) is 12.2. The lowest BCUT2D eigenvalue weighted by Gasteiger charge is -2.25. The van der Waals surface area contributed by atoms with Gasteiger partial charge in [0.25, 0.3) is 0 Å². The molecule has 2 aromatic carbocycles. The van der Waals surface area contributed by atoms with Crippen LogP contribution in [-0.4, -0.2) is 39.0 Å². The molecule has 1 unspecified atom stereocenters. The number of aromatic nitrogens is 2. The van der Waals surface area contributed by atoms with Crippen LogP contribution in [0.2, 0.25) is 0 Å². The Hall–Kier alpha value is -2.96. The normalized spacial score (nSPS) is 14.4. The van der Waals surface area contributed by atoms with E-state index < -0.39 is 11.9 Å². The van der Waals surface area contributed by atoms with Crippen LogP contribution in [-0.2, 0) is 13.0 Å². The lowest BCUT2D eigenvalue weighted by Crippen LogP contribution is -2.34. The van der Waals surface area contributed by atoms with E-state index in [0.717, 1.165) is 36.3 Å². The topological polar surface area (TPSA) is 50.5 Å². The van der Waals surface area contributed by atoms with Gasteiger partial charge < -0.3 is 9.84 Å². The van der Waals surface area contributed by atoms with E-state index in [1.54, 1.807) is 22.9 Å².